The van der Waals surface area contributed by atoms with Crippen LogP contribution in [0.3, 0.4) is 0 Å². The first-order chi connectivity index (χ1) is 11.5. The van der Waals surface area contributed by atoms with Gasteiger partial charge < -0.3 is 9.80 Å². The molecule has 5 nitrogen and oxygen atoms in total. The second-order valence-electron chi connectivity index (χ2n) is 6.45. The zero-order chi connectivity index (χ0) is 17.1. The van der Waals surface area contributed by atoms with Crippen LogP contribution in [0.15, 0.2) is 30.3 Å². The van der Waals surface area contributed by atoms with Gasteiger partial charge in [-0.15, -0.1) is 0 Å². The molecule has 0 saturated carbocycles. The van der Waals surface area contributed by atoms with E-state index in [-0.39, 0.29) is 5.82 Å². The van der Waals surface area contributed by atoms with Crippen molar-refractivity contribution in [2.45, 2.75) is 13.5 Å². The van der Waals surface area contributed by atoms with E-state index in [1.807, 2.05) is 44.1 Å². The second-order valence-corrected chi connectivity index (χ2v) is 6.45. The highest BCUT2D eigenvalue weighted by Gasteiger charge is 2.19. The van der Waals surface area contributed by atoms with Crippen LogP contribution in [0.25, 0.3) is 0 Å². The number of hydrogen-bond acceptors (Lipinski definition) is 5. The first kappa shape index (κ1) is 16.6. The summed E-state index contributed by atoms with van der Waals surface area (Å²) < 4.78 is 13.0. The predicted molar refractivity (Wildman–Crippen MR) is 95.0 cm³/mol. The monoisotopic (exact) mass is 329 g/mol. The highest BCUT2D eigenvalue weighted by atomic mass is 19.1. The summed E-state index contributed by atoms with van der Waals surface area (Å²) in [6.07, 6.45) is 0. The number of hydrogen-bond donors (Lipinski definition) is 0. The lowest BCUT2D eigenvalue weighted by molar-refractivity contribution is 0.249. The standard InChI is InChI=1S/C18H24FN5/c1-14-12-17(21-18(20-14)22(2)3)24-10-8-23(9-11-24)13-15-4-6-16(19)7-5-15/h4-7,12H,8-11,13H2,1-3H3. The Hall–Kier alpha value is -2.21. The van der Waals surface area contributed by atoms with Gasteiger partial charge in [0, 0.05) is 58.6 Å². The molecular weight excluding hydrogens is 305 g/mol. The number of nitrogens with zero attached hydrogens (tertiary/aromatic N) is 5. The number of halogens is 1. The van der Waals surface area contributed by atoms with Crippen molar-refractivity contribution in [1.29, 1.82) is 0 Å². The fourth-order valence-corrected chi connectivity index (χ4v) is 2.88. The van der Waals surface area contributed by atoms with Gasteiger partial charge in [0.1, 0.15) is 11.6 Å². The molecule has 0 N–H and O–H groups in total. The second kappa shape index (κ2) is 7.13. The Labute approximate surface area is 142 Å². The van der Waals surface area contributed by atoms with E-state index < -0.39 is 0 Å². The Kier molecular flexibility index (Phi) is 4.94. The quantitative estimate of drug-likeness (QED) is 0.860. The van der Waals surface area contributed by atoms with Gasteiger partial charge >= 0.3 is 0 Å². The molecule has 0 spiro atoms. The van der Waals surface area contributed by atoms with E-state index >= 15 is 0 Å². The topological polar surface area (TPSA) is 35.5 Å². The van der Waals surface area contributed by atoms with E-state index in [9.17, 15) is 4.39 Å². The molecule has 2 aromatic rings. The van der Waals surface area contributed by atoms with Gasteiger partial charge in [0.2, 0.25) is 5.95 Å². The Morgan fingerprint density at radius 3 is 2.33 bits per heavy atom. The molecule has 128 valence electrons. The maximum Gasteiger partial charge on any atom is 0.226 e. The van der Waals surface area contributed by atoms with Crippen molar-refractivity contribution >= 4 is 11.8 Å². The van der Waals surface area contributed by atoms with E-state index in [0.717, 1.165) is 55.7 Å². The molecule has 2 heterocycles. The summed E-state index contributed by atoms with van der Waals surface area (Å²) in [6, 6.07) is 8.82. The summed E-state index contributed by atoms with van der Waals surface area (Å²) in [5.41, 5.74) is 2.13. The van der Waals surface area contributed by atoms with Gasteiger partial charge in [0.25, 0.3) is 0 Å². The van der Waals surface area contributed by atoms with Crippen molar-refractivity contribution in [1.82, 2.24) is 14.9 Å². The number of rotatable bonds is 4. The van der Waals surface area contributed by atoms with Gasteiger partial charge in [0.15, 0.2) is 0 Å². The first-order valence-corrected chi connectivity index (χ1v) is 8.26. The van der Waals surface area contributed by atoms with Gasteiger partial charge in [-0.2, -0.15) is 4.98 Å². The Morgan fingerprint density at radius 1 is 1.04 bits per heavy atom. The zero-order valence-corrected chi connectivity index (χ0v) is 14.5. The van der Waals surface area contributed by atoms with Crippen molar-refractivity contribution in [3.8, 4) is 0 Å². The van der Waals surface area contributed by atoms with Crippen molar-refractivity contribution in [3.05, 3.63) is 47.4 Å². The van der Waals surface area contributed by atoms with Crippen LogP contribution in [0.2, 0.25) is 0 Å². The van der Waals surface area contributed by atoms with Crippen LogP contribution in [-0.4, -0.2) is 55.1 Å². The molecule has 0 unspecified atom stereocenters. The van der Waals surface area contributed by atoms with Crippen LogP contribution < -0.4 is 9.80 Å². The number of benzene rings is 1. The minimum absolute atomic E-state index is 0.181. The maximum atomic E-state index is 13.0. The van der Waals surface area contributed by atoms with Gasteiger partial charge in [-0.1, -0.05) is 12.1 Å². The summed E-state index contributed by atoms with van der Waals surface area (Å²) in [7, 11) is 3.92. The predicted octanol–water partition coefficient (Wildman–Crippen LogP) is 2.31. The summed E-state index contributed by atoms with van der Waals surface area (Å²) in [5.74, 6) is 1.56. The molecule has 1 fully saturated rings. The minimum Gasteiger partial charge on any atom is -0.354 e. The van der Waals surface area contributed by atoms with Crippen molar-refractivity contribution in [3.63, 3.8) is 0 Å². The molecule has 1 aromatic carbocycles. The molecule has 0 radical (unpaired) electrons. The smallest absolute Gasteiger partial charge is 0.226 e. The highest BCUT2D eigenvalue weighted by molar-refractivity contribution is 5.45. The fraction of sp³-hybridized carbons (Fsp3) is 0.444. The van der Waals surface area contributed by atoms with E-state index in [2.05, 4.69) is 19.8 Å². The molecule has 0 bridgehead atoms. The lowest BCUT2D eigenvalue weighted by Crippen LogP contribution is -2.46. The SMILES string of the molecule is Cc1cc(N2CCN(Cc3ccc(F)cc3)CC2)nc(N(C)C)n1. The van der Waals surface area contributed by atoms with Crippen LogP contribution in [-0.2, 0) is 6.54 Å². The molecule has 1 aromatic heterocycles. The number of piperazine rings is 1. The van der Waals surface area contributed by atoms with E-state index in [0.29, 0.717) is 0 Å². The van der Waals surface area contributed by atoms with Crippen LogP contribution >= 0.6 is 0 Å². The molecule has 24 heavy (non-hydrogen) atoms. The first-order valence-electron chi connectivity index (χ1n) is 8.26. The molecule has 0 aliphatic carbocycles. The lowest BCUT2D eigenvalue weighted by Gasteiger charge is -2.35. The molecule has 0 atom stereocenters. The third-order valence-electron chi connectivity index (χ3n) is 4.24. The lowest BCUT2D eigenvalue weighted by atomic mass is 10.2. The van der Waals surface area contributed by atoms with Crippen LogP contribution in [0.5, 0.6) is 0 Å². The Bertz CT molecular complexity index is 678. The third-order valence-corrected chi connectivity index (χ3v) is 4.24. The van der Waals surface area contributed by atoms with Crippen LogP contribution in [0.4, 0.5) is 16.2 Å². The molecule has 1 aliphatic rings. The largest absolute Gasteiger partial charge is 0.354 e. The average molecular weight is 329 g/mol. The van der Waals surface area contributed by atoms with Crippen molar-refractivity contribution in [2.24, 2.45) is 0 Å². The van der Waals surface area contributed by atoms with Crippen molar-refractivity contribution < 1.29 is 4.39 Å². The molecule has 6 heteroatoms. The average Bonchev–Trinajstić information content (AvgIpc) is 2.57. The minimum atomic E-state index is -0.181. The molecule has 1 saturated heterocycles. The summed E-state index contributed by atoms with van der Waals surface area (Å²) in [4.78, 5) is 15.7. The van der Waals surface area contributed by atoms with E-state index in [1.54, 1.807) is 0 Å². The van der Waals surface area contributed by atoms with E-state index in [1.165, 1.54) is 12.1 Å². The number of aryl methyl sites for hydroxylation is 1. The zero-order valence-electron chi connectivity index (χ0n) is 14.5. The number of aromatic nitrogens is 2. The molecule has 1 aliphatic heterocycles. The van der Waals surface area contributed by atoms with Gasteiger partial charge in [-0.05, 0) is 24.6 Å². The van der Waals surface area contributed by atoms with Crippen LogP contribution in [0, 0.1) is 12.7 Å². The normalized spacial score (nSPS) is 15.6. The summed E-state index contributed by atoms with van der Waals surface area (Å²) in [5, 5.41) is 0. The van der Waals surface area contributed by atoms with Crippen molar-refractivity contribution in [2.75, 3.05) is 50.1 Å². The Balaban J connectivity index is 1.61. The fourth-order valence-electron chi connectivity index (χ4n) is 2.88. The van der Waals surface area contributed by atoms with Crippen LogP contribution in [0.1, 0.15) is 11.3 Å². The van der Waals surface area contributed by atoms with E-state index in [4.69, 9.17) is 0 Å². The maximum absolute atomic E-state index is 13.0. The Morgan fingerprint density at radius 2 is 1.71 bits per heavy atom. The van der Waals surface area contributed by atoms with Gasteiger partial charge in [-0.3, -0.25) is 4.90 Å². The third kappa shape index (κ3) is 4.00. The van der Waals surface area contributed by atoms with Gasteiger partial charge in [-0.25, -0.2) is 9.37 Å². The highest BCUT2D eigenvalue weighted by Crippen LogP contribution is 2.18. The van der Waals surface area contributed by atoms with Gasteiger partial charge in [0.05, 0.1) is 0 Å². The number of anilines is 2. The summed E-state index contributed by atoms with van der Waals surface area (Å²) >= 11 is 0. The summed E-state index contributed by atoms with van der Waals surface area (Å²) in [6.45, 7) is 6.67. The molecule has 3 rings (SSSR count). The molecule has 0 amide bonds. The molecular formula is C18H24FN5.